The molecule has 27 heavy (non-hydrogen) atoms. The first kappa shape index (κ1) is 18.9. The number of allylic oxidation sites excluding steroid dienone is 2. The van der Waals surface area contributed by atoms with Crippen LogP contribution >= 0.6 is 23.4 Å². The Balaban J connectivity index is 1.76. The Bertz CT molecular complexity index is 987. The number of imide groups is 1. The van der Waals surface area contributed by atoms with Gasteiger partial charge in [-0.25, -0.2) is 0 Å². The third-order valence-corrected chi connectivity index (χ3v) is 4.92. The number of hydrogen-bond acceptors (Lipinski definition) is 5. The minimum atomic E-state index is -0.474. The van der Waals surface area contributed by atoms with Gasteiger partial charge < -0.3 is 0 Å². The summed E-state index contributed by atoms with van der Waals surface area (Å²) in [5, 5.41) is 11.2. The van der Waals surface area contributed by atoms with E-state index in [1.165, 1.54) is 24.3 Å². The molecule has 136 valence electrons. The van der Waals surface area contributed by atoms with Gasteiger partial charge in [0.2, 0.25) is 0 Å². The zero-order valence-electron chi connectivity index (χ0n) is 13.9. The van der Waals surface area contributed by atoms with Gasteiger partial charge >= 0.3 is 0 Å². The van der Waals surface area contributed by atoms with Gasteiger partial charge in [-0.2, -0.15) is 0 Å². The van der Waals surface area contributed by atoms with Crippen LogP contribution in [0.25, 0.3) is 6.08 Å². The second-order valence-corrected chi connectivity index (χ2v) is 7.02. The summed E-state index contributed by atoms with van der Waals surface area (Å²) in [6, 6.07) is 13.2. The molecular formula is C19H13ClN2O4S. The normalized spacial score (nSPS) is 15.9. The Morgan fingerprint density at radius 3 is 2.67 bits per heavy atom. The zero-order chi connectivity index (χ0) is 19.4. The summed E-state index contributed by atoms with van der Waals surface area (Å²) in [4.78, 5) is 36.5. The molecule has 1 aliphatic rings. The smallest absolute Gasteiger partial charge is 0.268 e. The molecule has 0 aliphatic carbocycles. The summed E-state index contributed by atoms with van der Waals surface area (Å²) >= 11 is 6.76. The van der Waals surface area contributed by atoms with Crippen LogP contribution in [0.1, 0.15) is 11.1 Å². The van der Waals surface area contributed by atoms with E-state index in [0.29, 0.717) is 10.6 Å². The van der Waals surface area contributed by atoms with Gasteiger partial charge in [-0.15, -0.1) is 0 Å². The standard InChI is InChI=1S/C19H13ClN2O4S/c20-15-8-3-5-13(11-15)12-21-18(23)17(27-19(21)24)10-4-7-14-6-1-2-9-16(14)22(25)26/h1-11H,12H2/b7-4+,17-10-. The van der Waals surface area contributed by atoms with Gasteiger partial charge in [0, 0.05) is 11.1 Å². The highest BCUT2D eigenvalue weighted by Crippen LogP contribution is 2.32. The second-order valence-electron chi connectivity index (χ2n) is 5.60. The summed E-state index contributed by atoms with van der Waals surface area (Å²) in [5.74, 6) is -0.405. The first-order chi connectivity index (χ1) is 13.0. The van der Waals surface area contributed by atoms with Crippen LogP contribution in [0.15, 0.2) is 65.6 Å². The number of nitro groups is 1. The third kappa shape index (κ3) is 4.45. The summed E-state index contributed by atoms with van der Waals surface area (Å²) in [7, 11) is 0. The lowest BCUT2D eigenvalue weighted by molar-refractivity contribution is -0.385. The van der Waals surface area contributed by atoms with E-state index in [9.17, 15) is 19.7 Å². The van der Waals surface area contributed by atoms with Crippen molar-refractivity contribution >= 4 is 46.3 Å². The Hall–Kier alpha value is -2.90. The van der Waals surface area contributed by atoms with Crippen molar-refractivity contribution in [3.05, 3.63) is 91.9 Å². The van der Waals surface area contributed by atoms with Crippen LogP contribution in [0.4, 0.5) is 10.5 Å². The van der Waals surface area contributed by atoms with E-state index in [1.54, 1.807) is 42.5 Å². The SMILES string of the molecule is O=C1S/C(=C\C=C\c2ccccc2[N+](=O)[O-])C(=O)N1Cc1cccc(Cl)c1. The van der Waals surface area contributed by atoms with E-state index < -0.39 is 10.8 Å². The number of nitro benzene ring substituents is 1. The predicted molar refractivity (Wildman–Crippen MR) is 105 cm³/mol. The van der Waals surface area contributed by atoms with Crippen LogP contribution in [0.5, 0.6) is 0 Å². The van der Waals surface area contributed by atoms with Crippen LogP contribution in [-0.2, 0) is 11.3 Å². The van der Waals surface area contributed by atoms with Crippen molar-refractivity contribution in [1.82, 2.24) is 4.90 Å². The second kappa shape index (κ2) is 8.20. The van der Waals surface area contributed by atoms with Gasteiger partial charge in [0.1, 0.15) is 0 Å². The van der Waals surface area contributed by atoms with Crippen LogP contribution < -0.4 is 0 Å². The quantitative estimate of drug-likeness (QED) is 0.399. The minimum Gasteiger partial charge on any atom is -0.268 e. The number of amides is 2. The van der Waals surface area contributed by atoms with Gasteiger partial charge in [-0.05, 0) is 47.7 Å². The fourth-order valence-electron chi connectivity index (χ4n) is 2.50. The van der Waals surface area contributed by atoms with E-state index >= 15 is 0 Å². The largest absolute Gasteiger partial charge is 0.293 e. The molecule has 1 saturated heterocycles. The molecule has 1 aliphatic heterocycles. The molecule has 1 heterocycles. The molecule has 2 aromatic rings. The van der Waals surface area contributed by atoms with Crippen molar-refractivity contribution in [2.45, 2.75) is 6.54 Å². The number of rotatable bonds is 5. The van der Waals surface area contributed by atoms with E-state index in [2.05, 4.69) is 0 Å². The van der Waals surface area contributed by atoms with E-state index in [1.807, 2.05) is 0 Å². The number of carbonyl (C=O) groups excluding carboxylic acids is 2. The number of benzene rings is 2. The lowest BCUT2D eigenvalue weighted by Crippen LogP contribution is -2.27. The summed E-state index contributed by atoms with van der Waals surface area (Å²) in [6.07, 6.45) is 4.54. The number of thioether (sulfide) groups is 1. The molecule has 0 saturated carbocycles. The maximum atomic E-state index is 12.5. The zero-order valence-corrected chi connectivity index (χ0v) is 15.4. The molecule has 6 nitrogen and oxygen atoms in total. The maximum absolute atomic E-state index is 12.5. The molecule has 0 unspecified atom stereocenters. The molecule has 0 N–H and O–H groups in total. The fourth-order valence-corrected chi connectivity index (χ4v) is 3.50. The average molecular weight is 401 g/mol. The monoisotopic (exact) mass is 400 g/mol. The van der Waals surface area contributed by atoms with Crippen molar-refractivity contribution in [2.75, 3.05) is 0 Å². The van der Waals surface area contributed by atoms with Crippen molar-refractivity contribution < 1.29 is 14.5 Å². The number of para-hydroxylation sites is 1. The van der Waals surface area contributed by atoms with E-state index in [4.69, 9.17) is 11.6 Å². The number of nitrogens with zero attached hydrogens (tertiary/aromatic N) is 2. The minimum absolute atomic E-state index is 0.0313. The number of hydrogen-bond donors (Lipinski definition) is 0. The number of carbonyl (C=O) groups is 2. The molecule has 3 rings (SSSR count). The summed E-state index contributed by atoms with van der Waals surface area (Å²) in [5.41, 5.74) is 1.13. The van der Waals surface area contributed by atoms with E-state index in [-0.39, 0.29) is 22.4 Å². The lowest BCUT2D eigenvalue weighted by Gasteiger charge is -2.12. The number of halogens is 1. The van der Waals surface area contributed by atoms with Crippen LogP contribution in [-0.4, -0.2) is 21.0 Å². The van der Waals surface area contributed by atoms with Gasteiger partial charge in [-0.1, -0.05) is 41.9 Å². The third-order valence-electron chi connectivity index (χ3n) is 3.76. The Kier molecular flexibility index (Phi) is 5.73. The highest BCUT2D eigenvalue weighted by Gasteiger charge is 2.34. The van der Waals surface area contributed by atoms with Gasteiger partial charge in [-0.3, -0.25) is 24.6 Å². The fraction of sp³-hybridized carbons (Fsp3) is 0.0526. The molecule has 0 bridgehead atoms. The Labute approximate surface area is 164 Å². The van der Waals surface area contributed by atoms with Gasteiger partial charge in [0.25, 0.3) is 16.8 Å². The van der Waals surface area contributed by atoms with Crippen molar-refractivity contribution in [2.24, 2.45) is 0 Å². The average Bonchev–Trinajstić information content (AvgIpc) is 2.90. The molecule has 2 aromatic carbocycles. The molecule has 1 fully saturated rings. The van der Waals surface area contributed by atoms with Crippen molar-refractivity contribution in [3.63, 3.8) is 0 Å². The first-order valence-corrected chi connectivity index (χ1v) is 9.05. The predicted octanol–water partition coefficient (Wildman–Crippen LogP) is 5.04. The van der Waals surface area contributed by atoms with Crippen LogP contribution in [0.3, 0.4) is 0 Å². The van der Waals surface area contributed by atoms with Gasteiger partial charge in [0.05, 0.1) is 21.9 Å². The highest BCUT2D eigenvalue weighted by molar-refractivity contribution is 8.18. The molecule has 8 heteroatoms. The molecule has 0 spiro atoms. The summed E-state index contributed by atoms with van der Waals surface area (Å²) < 4.78 is 0. The molecular weight excluding hydrogens is 388 g/mol. The summed E-state index contributed by atoms with van der Waals surface area (Å²) in [6.45, 7) is 0.135. The highest BCUT2D eigenvalue weighted by atomic mass is 35.5. The Morgan fingerprint density at radius 1 is 1.15 bits per heavy atom. The topological polar surface area (TPSA) is 80.5 Å². The van der Waals surface area contributed by atoms with E-state index in [0.717, 1.165) is 22.2 Å². The lowest BCUT2D eigenvalue weighted by atomic mass is 10.1. The van der Waals surface area contributed by atoms with Crippen LogP contribution in [0, 0.1) is 10.1 Å². The van der Waals surface area contributed by atoms with Crippen molar-refractivity contribution in [3.8, 4) is 0 Å². The maximum Gasteiger partial charge on any atom is 0.293 e. The van der Waals surface area contributed by atoms with Crippen molar-refractivity contribution in [1.29, 1.82) is 0 Å². The first-order valence-electron chi connectivity index (χ1n) is 7.85. The molecule has 0 atom stereocenters. The van der Waals surface area contributed by atoms with Gasteiger partial charge in [0.15, 0.2) is 0 Å². The molecule has 2 amide bonds. The Morgan fingerprint density at radius 2 is 1.93 bits per heavy atom. The molecule has 0 aromatic heterocycles. The molecule has 0 radical (unpaired) electrons. The van der Waals surface area contributed by atoms with Crippen LogP contribution in [0.2, 0.25) is 5.02 Å².